The Morgan fingerprint density at radius 2 is 2.04 bits per heavy atom. The monoisotopic (exact) mass is 392 g/mol. The van der Waals surface area contributed by atoms with E-state index in [1.165, 1.54) is 31.6 Å². The summed E-state index contributed by atoms with van der Waals surface area (Å²) >= 11 is 0. The van der Waals surface area contributed by atoms with Crippen LogP contribution in [0.15, 0.2) is 47.8 Å². The molecule has 2 rings (SSSR count). The smallest absolute Gasteiger partial charge is 0.244 e. The van der Waals surface area contributed by atoms with Crippen LogP contribution in [0, 0.1) is 0 Å². The highest BCUT2D eigenvalue weighted by atomic mass is 32.2. The molecular weight excluding hydrogens is 368 g/mol. The van der Waals surface area contributed by atoms with Crippen LogP contribution in [0.5, 0.6) is 5.88 Å². The largest absolute Gasteiger partial charge is 0.477 e. The third-order valence-corrected chi connectivity index (χ3v) is 5.56. The van der Waals surface area contributed by atoms with Gasteiger partial charge in [-0.3, -0.25) is 9.78 Å². The van der Waals surface area contributed by atoms with Gasteiger partial charge in [-0.05, 0) is 24.6 Å². The number of likely N-dealkylation sites (N-methyl/N-ethyl adjacent to an activating group) is 1. The van der Waals surface area contributed by atoms with E-state index in [1.807, 2.05) is 6.07 Å². The Morgan fingerprint density at radius 3 is 2.74 bits per heavy atom. The molecule has 0 aliphatic heterocycles. The summed E-state index contributed by atoms with van der Waals surface area (Å²) in [6.45, 7) is 2.53. The fraction of sp³-hybridized carbons (Fsp3) is 0.389. The maximum Gasteiger partial charge on any atom is 0.244 e. The lowest BCUT2D eigenvalue weighted by atomic mass is 10.2. The quantitative estimate of drug-likeness (QED) is 0.616. The first-order valence-electron chi connectivity index (χ1n) is 8.65. The van der Waals surface area contributed by atoms with Crippen LogP contribution < -0.4 is 10.1 Å². The van der Waals surface area contributed by atoms with E-state index in [-0.39, 0.29) is 18.0 Å². The number of unbranched alkanes of at least 4 members (excludes halogenated alkanes) is 1. The number of amides is 1. The van der Waals surface area contributed by atoms with Gasteiger partial charge >= 0.3 is 0 Å². The summed E-state index contributed by atoms with van der Waals surface area (Å²) in [5, 5.41) is 2.70. The molecule has 2 aromatic heterocycles. The van der Waals surface area contributed by atoms with Crippen molar-refractivity contribution in [3.8, 4) is 5.88 Å². The molecule has 2 heterocycles. The van der Waals surface area contributed by atoms with E-state index < -0.39 is 15.9 Å². The van der Waals surface area contributed by atoms with Gasteiger partial charge in [0.1, 0.15) is 4.90 Å². The zero-order chi connectivity index (χ0) is 19.7. The van der Waals surface area contributed by atoms with Crippen molar-refractivity contribution in [2.75, 3.05) is 20.2 Å². The number of hydrogen-bond acceptors (Lipinski definition) is 6. The Morgan fingerprint density at radius 1 is 1.26 bits per heavy atom. The van der Waals surface area contributed by atoms with Gasteiger partial charge in [-0.15, -0.1) is 0 Å². The van der Waals surface area contributed by atoms with E-state index in [4.69, 9.17) is 4.74 Å². The van der Waals surface area contributed by atoms with Crippen LogP contribution in [0.2, 0.25) is 0 Å². The van der Waals surface area contributed by atoms with Gasteiger partial charge in [-0.25, -0.2) is 13.4 Å². The third kappa shape index (κ3) is 6.00. The topological polar surface area (TPSA) is 101 Å². The zero-order valence-corrected chi connectivity index (χ0v) is 16.3. The number of ether oxygens (including phenoxy) is 1. The van der Waals surface area contributed by atoms with Crippen LogP contribution in [0.3, 0.4) is 0 Å². The molecule has 0 aromatic carbocycles. The van der Waals surface area contributed by atoms with Gasteiger partial charge in [-0.1, -0.05) is 19.4 Å². The van der Waals surface area contributed by atoms with E-state index in [2.05, 4.69) is 22.2 Å². The van der Waals surface area contributed by atoms with E-state index in [1.54, 1.807) is 12.3 Å². The standard InChI is InChI=1S/C18H24N4O4S/c1-3-4-11-26-18-15(7-5-10-20-18)12-21-17(23)14-22(2)27(24,25)16-8-6-9-19-13-16/h5-10,13H,3-4,11-12,14H2,1-2H3,(H,21,23). The van der Waals surface area contributed by atoms with Crippen molar-refractivity contribution >= 4 is 15.9 Å². The lowest BCUT2D eigenvalue weighted by Crippen LogP contribution is -2.38. The fourth-order valence-corrected chi connectivity index (χ4v) is 3.31. The van der Waals surface area contributed by atoms with Gasteiger partial charge in [0.05, 0.1) is 13.2 Å². The number of hydrogen-bond donors (Lipinski definition) is 1. The molecule has 0 aliphatic rings. The third-order valence-electron chi connectivity index (χ3n) is 3.77. The predicted molar refractivity (Wildman–Crippen MR) is 101 cm³/mol. The molecule has 0 saturated carbocycles. The highest BCUT2D eigenvalue weighted by Crippen LogP contribution is 2.15. The minimum absolute atomic E-state index is 0.0409. The number of nitrogens with one attached hydrogen (secondary N) is 1. The molecule has 146 valence electrons. The molecule has 1 N–H and O–H groups in total. The first-order valence-corrected chi connectivity index (χ1v) is 10.1. The Hall–Kier alpha value is -2.52. The maximum atomic E-state index is 12.4. The van der Waals surface area contributed by atoms with Crippen LogP contribution in [0.1, 0.15) is 25.3 Å². The lowest BCUT2D eigenvalue weighted by molar-refractivity contribution is -0.121. The second-order valence-corrected chi connectivity index (χ2v) is 7.94. The van der Waals surface area contributed by atoms with Crippen LogP contribution >= 0.6 is 0 Å². The van der Waals surface area contributed by atoms with Crippen LogP contribution in [0.25, 0.3) is 0 Å². The van der Waals surface area contributed by atoms with Gasteiger partial charge in [0, 0.05) is 37.7 Å². The van der Waals surface area contributed by atoms with Crippen molar-refractivity contribution in [1.29, 1.82) is 0 Å². The average molecular weight is 392 g/mol. The number of nitrogens with zero attached hydrogens (tertiary/aromatic N) is 3. The first-order chi connectivity index (χ1) is 12.9. The second-order valence-electron chi connectivity index (χ2n) is 5.90. The van der Waals surface area contributed by atoms with Crippen LogP contribution in [-0.2, 0) is 21.4 Å². The molecule has 0 aliphatic carbocycles. The summed E-state index contributed by atoms with van der Waals surface area (Å²) in [6, 6.07) is 6.54. The molecule has 1 amide bonds. The van der Waals surface area contributed by atoms with Crippen molar-refractivity contribution in [3.05, 3.63) is 48.4 Å². The Labute approximate surface area is 159 Å². The van der Waals surface area contributed by atoms with Crippen molar-refractivity contribution in [2.24, 2.45) is 0 Å². The van der Waals surface area contributed by atoms with Gasteiger partial charge in [-0.2, -0.15) is 4.31 Å². The molecule has 0 fully saturated rings. The second kappa shape index (κ2) is 9.98. The number of rotatable bonds is 10. The van der Waals surface area contributed by atoms with Crippen molar-refractivity contribution in [2.45, 2.75) is 31.2 Å². The molecule has 0 radical (unpaired) electrons. The zero-order valence-electron chi connectivity index (χ0n) is 15.5. The van der Waals surface area contributed by atoms with Gasteiger partial charge in [0.15, 0.2) is 0 Å². The average Bonchev–Trinajstić information content (AvgIpc) is 2.68. The van der Waals surface area contributed by atoms with Crippen molar-refractivity contribution < 1.29 is 17.9 Å². The molecule has 2 aromatic rings. The Bertz CT molecular complexity index is 843. The molecule has 0 bridgehead atoms. The Balaban J connectivity index is 1.93. The summed E-state index contributed by atoms with van der Waals surface area (Å²) < 4.78 is 31.5. The summed E-state index contributed by atoms with van der Waals surface area (Å²) in [6.07, 6.45) is 6.29. The molecule has 0 saturated heterocycles. The normalized spacial score (nSPS) is 11.4. The van der Waals surface area contributed by atoms with Gasteiger partial charge < -0.3 is 10.1 Å². The van der Waals surface area contributed by atoms with Crippen LogP contribution in [0.4, 0.5) is 0 Å². The number of aromatic nitrogens is 2. The first kappa shape index (κ1) is 20.8. The minimum Gasteiger partial charge on any atom is -0.477 e. The summed E-state index contributed by atoms with van der Waals surface area (Å²) in [5.74, 6) is 0.0518. The van der Waals surface area contributed by atoms with Crippen LogP contribution in [-0.4, -0.2) is 48.8 Å². The number of carbonyl (C=O) groups excluding carboxylic acids is 1. The van der Waals surface area contributed by atoms with E-state index in [0.717, 1.165) is 22.7 Å². The molecule has 0 unspecified atom stereocenters. The number of carbonyl (C=O) groups is 1. The highest BCUT2D eigenvalue weighted by Gasteiger charge is 2.23. The van der Waals surface area contributed by atoms with E-state index in [0.29, 0.717) is 12.5 Å². The van der Waals surface area contributed by atoms with Crippen molar-refractivity contribution in [3.63, 3.8) is 0 Å². The molecule has 8 nitrogen and oxygen atoms in total. The highest BCUT2D eigenvalue weighted by molar-refractivity contribution is 7.89. The van der Waals surface area contributed by atoms with E-state index in [9.17, 15) is 13.2 Å². The SMILES string of the molecule is CCCCOc1ncccc1CNC(=O)CN(C)S(=O)(=O)c1cccnc1. The number of sulfonamides is 1. The minimum atomic E-state index is -3.77. The summed E-state index contributed by atoms with van der Waals surface area (Å²) in [4.78, 5) is 20.2. The lowest BCUT2D eigenvalue weighted by Gasteiger charge is -2.17. The molecule has 0 spiro atoms. The Kier molecular flexibility index (Phi) is 7.68. The molecular formula is C18H24N4O4S. The fourth-order valence-electron chi connectivity index (χ4n) is 2.22. The molecule has 27 heavy (non-hydrogen) atoms. The molecule has 9 heteroatoms. The maximum absolute atomic E-state index is 12.4. The van der Waals surface area contributed by atoms with Crippen molar-refractivity contribution in [1.82, 2.24) is 19.6 Å². The van der Waals surface area contributed by atoms with Gasteiger partial charge in [0.25, 0.3) is 0 Å². The van der Waals surface area contributed by atoms with E-state index >= 15 is 0 Å². The summed E-state index contributed by atoms with van der Waals surface area (Å²) in [7, 11) is -2.41. The summed E-state index contributed by atoms with van der Waals surface area (Å²) in [5.41, 5.74) is 0.736. The molecule has 0 atom stereocenters. The van der Waals surface area contributed by atoms with Gasteiger partial charge in [0.2, 0.25) is 21.8 Å². The number of pyridine rings is 2. The predicted octanol–water partition coefficient (Wildman–Crippen LogP) is 1.59.